The molecule has 0 radical (unpaired) electrons. The number of unbranched alkanes of at least 4 members (excludes halogenated alkanes) is 2. The predicted molar refractivity (Wildman–Crippen MR) is 132 cm³/mol. The minimum absolute atomic E-state index is 0.0199. The van der Waals surface area contributed by atoms with E-state index in [0.717, 1.165) is 30.6 Å². The maximum absolute atomic E-state index is 12.6. The highest BCUT2D eigenvalue weighted by molar-refractivity contribution is 7.15. The zero-order chi connectivity index (χ0) is 23.5. The van der Waals surface area contributed by atoms with Gasteiger partial charge in [0.15, 0.2) is 16.6 Å². The molecule has 0 aliphatic heterocycles. The van der Waals surface area contributed by atoms with E-state index in [0.29, 0.717) is 28.8 Å². The fourth-order valence-electron chi connectivity index (χ4n) is 3.15. The topological polar surface area (TPSA) is 84.2 Å². The van der Waals surface area contributed by atoms with Crippen molar-refractivity contribution >= 4 is 28.5 Å². The molecule has 0 aliphatic carbocycles. The van der Waals surface area contributed by atoms with E-state index in [2.05, 4.69) is 17.2 Å². The summed E-state index contributed by atoms with van der Waals surface area (Å²) in [6, 6.07) is 17.4. The second-order valence-electron chi connectivity index (χ2n) is 7.38. The van der Waals surface area contributed by atoms with E-state index in [1.807, 2.05) is 36.4 Å². The number of anilines is 1. The maximum Gasteiger partial charge on any atom is 0.268 e. The molecule has 0 unspecified atom stereocenters. The maximum atomic E-state index is 12.6. The molecule has 3 rings (SSSR count). The lowest BCUT2D eigenvalue weighted by Crippen LogP contribution is -2.13. The molecule has 3 aromatic rings. The zero-order valence-electron chi connectivity index (χ0n) is 18.8. The van der Waals surface area contributed by atoms with Crippen molar-refractivity contribution in [2.45, 2.75) is 32.6 Å². The van der Waals surface area contributed by atoms with Gasteiger partial charge in [-0.25, -0.2) is 4.98 Å². The van der Waals surface area contributed by atoms with Gasteiger partial charge < -0.3 is 9.47 Å². The smallest absolute Gasteiger partial charge is 0.268 e. The number of benzene rings is 2. The van der Waals surface area contributed by atoms with E-state index >= 15 is 0 Å². The van der Waals surface area contributed by atoms with Crippen LogP contribution in [0.1, 0.15) is 42.2 Å². The third-order valence-electron chi connectivity index (χ3n) is 4.86. The van der Waals surface area contributed by atoms with E-state index < -0.39 is 5.91 Å². The Balaban J connectivity index is 1.66. The van der Waals surface area contributed by atoms with Crippen LogP contribution in [0.5, 0.6) is 11.5 Å². The van der Waals surface area contributed by atoms with Gasteiger partial charge in [0, 0.05) is 17.5 Å². The second kappa shape index (κ2) is 12.4. The van der Waals surface area contributed by atoms with Crippen LogP contribution < -0.4 is 14.8 Å². The number of hydrogen-bond acceptors (Lipinski definition) is 6. The zero-order valence-corrected chi connectivity index (χ0v) is 19.7. The van der Waals surface area contributed by atoms with Gasteiger partial charge in [-0.05, 0) is 35.8 Å². The summed E-state index contributed by atoms with van der Waals surface area (Å²) in [5, 5.41) is 12.7. The largest absolute Gasteiger partial charge is 0.493 e. The van der Waals surface area contributed by atoms with Gasteiger partial charge in [0.1, 0.15) is 11.6 Å². The monoisotopic (exact) mass is 461 g/mol. The van der Waals surface area contributed by atoms with Crippen molar-refractivity contribution in [3.8, 4) is 17.6 Å². The fraction of sp³-hybridized carbons (Fsp3) is 0.269. The van der Waals surface area contributed by atoms with Crippen molar-refractivity contribution in [1.82, 2.24) is 4.98 Å². The summed E-state index contributed by atoms with van der Waals surface area (Å²) < 4.78 is 11.2. The van der Waals surface area contributed by atoms with Gasteiger partial charge in [0.2, 0.25) is 0 Å². The Hall–Kier alpha value is -3.63. The molecule has 0 aliphatic rings. The van der Waals surface area contributed by atoms with Crippen LogP contribution in [0.25, 0.3) is 6.08 Å². The molecule has 0 bridgehead atoms. The van der Waals surface area contributed by atoms with Gasteiger partial charge in [0.05, 0.1) is 13.7 Å². The highest BCUT2D eigenvalue weighted by atomic mass is 32.1. The van der Waals surface area contributed by atoms with E-state index in [-0.39, 0.29) is 5.57 Å². The average molecular weight is 462 g/mol. The van der Waals surface area contributed by atoms with Crippen LogP contribution in [0.4, 0.5) is 5.13 Å². The first-order valence-electron chi connectivity index (χ1n) is 10.9. The first-order valence-corrected chi connectivity index (χ1v) is 11.7. The molecule has 0 atom stereocenters. The van der Waals surface area contributed by atoms with Crippen molar-refractivity contribution < 1.29 is 14.3 Å². The number of amides is 1. The summed E-state index contributed by atoms with van der Waals surface area (Å²) >= 11 is 1.39. The molecule has 33 heavy (non-hydrogen) atoms. The van der Waals surface area contributed by atoms with Gasteiger partial charge in [-0.15, -0.1) is 11.3 Å². The highest BCUT2D eigenvalue weighted by Crippen LogP contribution is 2.29. The van der Waals surface area contributed by atoms with E-state index in [4.69, 9.17) is 9.47 Å². The van der Waals surface area contributed by atoms with Gasteiger partial charge in [-0.3, -0.25) is 10.1 Å². The van der Waals surface area contributed by atoms with Crippen LogP contribution in [0.2, 0.25) is 0 Å². The number of thiazole rings is 1. The Morgan fingerprint density at radius 3 is 2.73 bits per heavy atom. The van der Waals surface area contributed by atoms with E-state index in [1.54, 1.807) is 31.5 Å². The molecule has 0 fully saturated rings. The minimum Gasteiger partial charge on any atom is -0.493 e. The van der Waals surface area contributed by atoms with Gasteiger partial charge in [-0.1, -0.05) is 56.2 Å². The van der Waals surface area contributed by atoms with E-state index in [1.165, 1.54) is 23.0 Å². The number of nitrogens with one attached hydrogen (secondary N) is 1. The molecule has 1 amide bonds. The number of methoxy groups -OCH3 is 1. The quantitative estimate of drug-likeness (QED) is 0.220. The van der Waals surface area contributed by atoms with Crippen molar-refractivity contribution in [1.29, 1.82) is 5.26 Å². The molecule has 0 saturated heterocycles. The lowest BCUT2D eigenvalue weighted by molar-refractivity contribution is -0.112. The predicted octanol–water partition coefficient (Wildman–Crippen LogP) is 5.86. The number of nitrogens with zero attached hydrogens (tertiary/aromatic N) is 2. The Morgan fingerprint density at radius 1 is 1.18 bits per heavy atom. The Kier molecular flexibility index (Phi) is 9.04. The Labute approximate surface area is 198 Å². The van der Waals surface area contributed by atoms with E-state index in [9.17, 15) is 10.1 Å². The number of ether oxygens (including phenoxy) is 2. The van der Waals surface area contributed by atoms with Gasteiger partial charge >= 0.3 is 0 Å². The first-order chi connectivity index (χ1) is 16.1. The summed E-state index contributed by atoms with van der Waals surface area (Å²) in [5.41, 5.74) is 1.82. The molecule has 2 aromatic carbocycles. The minimum atomic E-state index is -0.503. The molecular formula is C26H27N3O3S. The van der Waals surface area contributed by atoms with Crippen LogP contribution in [-0.2, 0) is 11.2 Å². The van der Waals surface area contributed by atoms with Crippen molar-refractivity contribution in [2.24, 2.45) is 0 Å². The number of nitriles is 1. The number of aromatic nitrogens is 1. The van der Waals surface area contributed by atoms with Crippen molar-refractivity contribution in [3.63, 3.8) is 0 Å². The van der Waals surface area contributed by atoms with Crippen LogP contribution in [0.15, 0.2) is 60.3 Å². The highest BCUT2D eigenvalue weighted by Gasteiger charge is 2.13. The molecule has 1 N–H and O–H groups in total. The normalized spacial score (nSPS) is 11.0. The third-order valence-corrected chi connectivity index (χ3v) is 5.78. The Bertz CT molecular complexity index is 1130. The molecule has 1 aromatic heterocycles. The second-order valence-corrected chi connectivity index (χ2v) is 8.50. The first kappa shape index (κ1) is 24.0. The number of carbonyl (C=O) groups excluding carboxylic acids is 1. The summed E-state index contributed by atoms with van der Waals surface area (Å²) in [7, 11) is 1.56. The summed E-state index contributed by atoms with van der Waals surface area (Å²) in [6.45, 7) is 2.76. The average Bonchev–Trinajstić information content (AvgIpc) is 3.27. The summed E-state index contributed by atoms with van der Waals surface area (Å²) in [5.74, 6) is 0.697. The SMILES string of the molecule is CCCCCOc1ccc(/C=C(\C#N)C(=O)Nc2ncc(Cc3ccccc3)s2)cc1OC. The lowest BCUT2D eigenvalue weighted by Gasteiger charge is -2.11. The van der Waals surface area contributed by atoms with Gasteiger partial charge in [0.25, 0.3) is 5.91 Å². The molecule has 0 spiro atoms. The molecule has 0 saturated carbocycles. The van der Waals surface area contributed by atoms with Gasteiger partial charge in [-0.2, -0.15) is 5.26 Å². The number of hydrogen-bond donors (Lipinski definition) is 1. The van der Waals surface area contributed by atoms with Crippen molar-refractivity contribution in [2.75, 3.05) is 19.0 Å². The third kappa shape index (κ3) is 7.19. The molecule has 170 valence electrons. The Morgan fingerprint density at radius 2 is 2.00 bits per heavy atom. The van der Waals surface area contributed by atoms with Crippen LogP contribution in [-0.4, -0.2) is 24.6 Å². The van der Waals surface area contributed by atoms with Crippen LogP contribution in [0.3, 0.4) is 0 Å². The van der Waals surface area contributed by atoms with Crippen LogP contribution in [0, 0.1) is 11.3 Å². The molecule has 1 heterocycles. The number of carbonyl (C=O) groups is 1. The fourth-order valence-corrected chi connectivity index (χ4v) is 3.99. The van der Waals surface area contributed by atoms with Crippen molar-refractivity contribution in [3.05, 3.63) is 76.3 Å². The molecule has 6 nitrogen and oxygen atoms in total. The number of rotatable bonds is 11. The molecular weight excluding hydrogens is 434 g/mol. The summed E-state index contributed by atoms with van der Waals surface area (Å²) in [4.78, 5) is 17.9. The standard InChI is InChI=1S/C26H27N3O3S/c1-3-4-8-13-32-23-12-11-20(16-24(23)31-2)14-21(17-27)25(30)29-26-28-18-22(33-26)15-19-9-6-5-7-10-19/h5-7,9-12,14,16,18H,3-4,8,13,15H2,1-2H3,(H,28,29,30)/b21-14+. The lowest BCUT2D eigenvalue weighted by atomic mass is 10.1. The summed E-state index contributed by atoms with van der Waals surface area (Å²) in [6.07, 6.45) is 7.21. The van der Waals surface area contributed by atoms with Crippen LogP contribution >= 0.6 is 11.3 Å². The molecule has 7 heteroatoms.